The third-order valence-corrected chi connectivity index (χ3v) is 2.37. The van der Waals surface area contributed by atoms with Crippen LogP contribution in [0.5, 0.6) is 5.88 Å². The van der Waals surface area contributed by atoms with Crippen molar-refractivity contribution in [1.82, 2.24) is 10.3 Å². The normalized spacial score (nSPS) is 15.5. The molecule has 2 rings (SSSR count). The fourth-order valence-corrected chi connectivity index (χ4v) is 1.29. The second-order valence-electron chi connectivity index (χ2n) is 3.43. The van der Waals surface area contributed by atoms with E-state index in [4.69, 9.17) is 4.74 Å². The first-order valence-corrected chi connectivity index (χ1v) is 4.81. The molecule has 15 heavy (non-hydrogen) atoms. The van der Waals surface area contributed by atoms with Gasteiger partial charge < -0.3 is 15.4 Å². The van der Waals surface area contributed by atoms with Crippen molar-refractivity contribution < 1.29 is 9.53 Å². The highest BCUT2D eigenvalue weighted by Gasteiger charge is 2.24. The molecule has 0 unspecified atom stereocenters. The maximum Gasteiger partial charge on any atom is 0.230 e. The second kappa shape index (κ2) is 4.27. The van der Waals surface area contributed by atoms with Crippen molar-refractivity contribution >= 4 is 11.6 Å². The lowest BCUT2D eigenvalue weighted by Gasteiger charge is -2.25. The van der Waals surface area contributed by atoms with Gasteiger partial charge in [0, 0.05) is 19.2 Å². The van der Waals surface area contributed by atoms with Gasteiger partial charge in [0.05, 0.1) is 24.9 Å². The highest BCUT2D eigenvalue weighted by atomic mass is 16.5. The van der Waals surface area contributed by atoms with Crippen LogP contribution in [0.3, 0.4) is 0 Å². The van der Waals surface area contributed by atoms with Crippen LogP contribution in [-0.4, -0.2) is 31.1 Å². The third kappa shape index (κ3) is 2.24. The van der Waals surface area contributed by atoms with Crippen LogP contribution in [0.2, 0.25) is 0 Å². The van der Waals surface area contributed by atoms with Gasteiger partial charge in [-0.1, -0.05) is 0 Å². The average molecular weight is 207 g/mol. The molecular weight excluding hydrogens is 194 g/mol. The maximum absolute atomic E-state index is 11.5. The van der Waals surface area contributed by atoms with Crippen LogP contribution in [-0.2, 0) is 4.79 Å². The predicted octanol–water partition coefficient (Wildman–Crippen LogP) is 0.248. The van der Waals surface area contributed by atoms with Crippen molar-refractivity contribution in [3.05, 3.63) is 18.3 Å². The number of methoxy groups -OCH3 is 1. The van der Waals surface area contributed by atoms with Crippen LogP contribution >= 0.6 is 0 Å². The summed E-state index contributed by atoms with van der Waals surface area (Å²) in [6, 6.07) is 3.49. The minimum absolute atomic E-state index is 0.0423. The van der Waals surface area contributed by atoms with Gasteiger partial charge in [0.2, 0.25) is 11.8 Å². The molecule has 1 amide bonds. The molecule has 2 heterocycles. The number of hydrogen-bond donors (Lipinski definition) is 2. The summed E-state index contributed by atoms with van der Waals surface area (Å²) in [5.74, 6) is 0.672. The molecule has 80 valence electrons. The number of nitrogens with zero attached hydrogens (tertiary/aromatic N) is 1. The van der Waals surface area contributed by atoms with Crippen molar-refractivity contribution in [1.29, 1.82) is 0 Å². The number of carbonyl (C=O) groups excluding carboxylic acids is 1. The minimum atomic E-state index is 0.0423. The number of amides is 1. The summed E-state index contributed by atoms with van der Waals surface area (Å²) in [7, 11) is 1.56. The van der Waals surface area contributed by atoms with Gasteiger partial charge in [0.15, 0.2) is 0 Å². The van der Waals surface area contributed by atoms with E-state index in [1.54, 1.807) is 25.4 Å². The molecule has 1 aliphatic rings. The number of aromatic nitrogens is 1. The minimum Gasteiger partial charge on any atom is -0.481 e. The molecule has 0 aromatic carbocycles. The zero-order valence-electron chi connectivity index (χ0n) is 8.49. The van der Waals surface area contributed by atoms with Crippen molar-refractivity contribution in [2.75, 3.05) is 25.5 Å². The van der Waals surface area contributed by atoms with E-state index in [0.717, 1.165) is 13.1 Å². The van der Waals surface area contributed by atoms with Crippen LogP contribution in [0, 0.1) is 5.92 Å². The van der Waals surface area contributed by atoms with E-state index in [1.807, 2.05) is 0 Å². The number of ether oxygens (including phenoxy) is 1. The Balaban J connectivity index is 1.94. The number of anilines is 1. The molecule has 1 aromatic rings. The van der Waals surface area contributed by atoms with Gasteiger partial charge in [0.25, 0.3) is 0 Å². The summed E-state index contributed by atoms with van der Waals surface area (Å²) in [5, 5.41) is 5.85. The van der Waals surface area contributed by atoms with E-state index < -0.39 is 0 Å². The topological polar surface area (TPSA) is 63.2 Å². The summed E-state index contributed by atoms with van der Waals surface area (Å²) in [4.78, 5) is 15.5. The quantitative estimate of drug-likeness (QED) is 0.745. The summed E-state index contributed by atoms with van der Waals surface area (Å²) in [6.45, 7) is 1.52. The lowest BCUT2D eigenvalue weighted by Crippen LogP contribution is -2.48. The van der Waals surface area contributed by atoms with Crippen molar-refractivity contribution in [2.45, 2.75) is 0 Å². The third-order valence-electron chi connectivity index (χ3n) is 2.37. The smallest absolute Gasteiger partial charge is 0.230 e. The number of rotatable bonds is 3. The van der Waals surface area contributed by atoms with Gasteiger partial charge in [-0.2, -0.15) is 0 Å². The Hall–Kier alpha value is -1.62. The molecule has 0 aliphatic carbocycles. The van der Waals surface area contributed by atoms with Crippen molar-refractivity contribution in [3.63, 3.8) is 0 Å². The zero-order chi connectivity index (χ0) is 10.7. The second-order valence-corrected chi connectivity index (χ2v) is 3.43. The van der Waals surface area contributed by atoms with Crippen LogP contribution in [0.1, 0.15) is 0 Å². The first-order chi connectivity index (χ1) is 7.29. The summed E-state index contributed by atoms with van der Waals surface area (Å²) >= 11 is 0. The summed E-state index contributed by atoms with van der Waals surface area (Å²) in [6.07, 6.45) is 1.59. The van der Waals surface area contributed by atoms with Crippen molar-refractivity contribution in [2.24, 2.45) is 5.92 Å². The van der Waals surface area contributed by atoms with Gasteiger partial charge in [-0.05, 0) is 6.07 Å². The average Bonchev–Trinajstić information content (AvgIpc) is 2.16. The maximum atomic E-state index is 11.5. The first kappa shape index (κ1) is 9.92. The number of nitrogens with one attached hydrogen (secondary N) is 2. The molecular formula is C10H13N3O2. The Morgan fingerprint density at radius 1 is 1.60 bits per heavy atom. The standard InChI is InChI=1S/C10H13N3O2/c1-15-9-3-2-8(6-12-9)13-10(14)7-4-11-5-7/h2-3,6-7,11H,4-5H2,1H3,(H,13,14). The molecule has 5 nitrogen and oxygen atoms in total. The first-order valence-electron chi connectivity index (χ1n) is 4.81. The van der Waals surface area contributed by atoms with Gasteiger partial charge in [-0.25, -0.2) is 4.98 Å². The monoisotopic (exact) mass is 207 g/mol. The molecule has 1 aliphatic heterocycles. The molecule has 1 fully saturated rings. The van der Waals surface area contributed by atoms with Crippen LogP contribution in [0.15, 0.2) is 18.3 Å². The van der Waals surface area contributed by atoms with E-state index in [9.17, 15) is 4.79 Å². The Kier molecular flexibility index (Phi) is 2.82. The Labute approximate surface area is 87.8 Å². The molecule has 1 saturated heterocycles. The Morgan fingerprint density at radius 3 is 2.87 bits per heavy atom. The van der Waals surface area contributed by atoms with Crippen molar-refractivity contribution in [3.8, 4) is 5.88 Å². The summed E-state index contributed by atoms with van der Waals surface area (Å²) < 4.78 is 4.92. The fraction of sp³-hybridized carbons (Fsp3) is 0.400. The van der Waals surface area contributed by atoms with Crippen LogP contribution in [0.25, 0.3) is 0 Å². The largest absolute Gasteiger partial charge is 0.481 e. The molecule has 0 radical (unpaired) electrons. The highest BCUT2D eigenvalue weighted by Crippen LogP contribution is 2.13. The van der Waals surface area contributed by atoms with E-state index in [-0.39, 0.29) is 11.8 Å². The molecule has 5 heteroatoms. The molecule has 0 atom stereocenters. The Bertz CT molecular complexity index is 346. The number of carbonyl (C=O) groups is 1. The summed E-state index contributed by atoms with van der Waals surface area (Å²) in [5.41, 5.74) is 0.702. The van der Waals surface area contributed by atoms with E-state index >= 15 is 0 Å². The van der Waals surface area contributed by atoms with E-state index in [1.165, 1.54) is 0 Å². The zero-order valence-corrected chi connectivity index (χ0v) is 8.49. The van der Waals surface area contributed by atoms with Crippen LogP contribution < -0.4 is 15.4 Å². The van der Waals surface area contributed by atoms with Gasteiger partial charge in [0.1, 0.15) is 0 Å². The molecule has 2 N–H and O–H groups in total. The number of hydrogen-bond acceptors (Lipinski definition) is 4. The molecule has 1 aromatic heterocycles. The lowest BCUT2D eigenvalue weighted by molar-refractivity contribution is -0.121. The highest BCUT2D eigenvalue weighted by molar-refractivity contribution is 5.93. The predicted molar refractivity (Wildman–Crippen MR) is 55.8 cm³/mol. The van der Waals surface area contributed by atoms with Crippen LogP contribution in [0.4, 0.5) is 5.69 Å². The lowest BCUT2D eigenvalue weighted by atomic mass is 10.0. The molecule has 0 saturated carbocycles. The van der Waals surface area contributed by atoms with E-state index in [0.29, 0.717) is 11.6 Å². The number of pyridine rings is 1. The fourth-order valence-electron chi connectivity index (χ4n) is 1.29. The molecule has 0 spiro atoms. The van der Waals surface area contributed by atoms with Gasteiger partial charge in [-0.3, -0.25) is 4.79 Å². The SMILES string of the molecule is COc1ccc(NC(=O)C2CNC2)cn1. The Morgan fingerprint density at radius 2 is 2.40 bits per heavy atom. The van der Waals surface area contributed by atoms with Gasteiger partial charge in [-0.15, -0.1) is 0 Å². The molecule has 0 bridgehead atoms. The van der Waals surface area contributed by atoms with E-state index in [2.05, 4.69) is 15.6 Å². The van der Waals surface area contributed by atoms with Gasteiger partial charge >= 0.3 is 0 Å².